The molecule has 0 fully saturated rings. The lowest BCUT2D eigenvalue weighted by Crippen LogP contribution is -2.33. The number of hydrogen-bond donors (Lipinski definition) is 1. The Morgan fingerprint density at radius 1 is 1.23 bits per heavy atom. The van der Waals surface area contributed by atoms with Crippen LogP contribution < -0.4 is 11.0 Å². The Hall–Kier alpha value is -2.55. The third-order valence-electron chi connectivity index (χ3n) is 4.17. The fraction of sp³-hybridized carbons (Fsp3) is 0.471. The molecule has 1 aromatic carbocycles. The summed E-state index contributed by atoms with van der Waals surface area (Å²) in [5.41, 5.74) is 2.37. The number of nitrogens with one attached hydrogen (secondary N) is 1. The normalized spacial score (nSPS) is 11.2. The lowest BCUT2D eigenvalue weighted by atomic mass is 10.2. The van der Waals surface area contributed by atoms with Crippen molar-refractivity contribution in [3.05, 3.63) is 40.1 Å². The van der Waals surface area contributed by atoms with E-state index in [4.69, 9.17) is 0 Å². The summed E-state index contributed by atoms with van der Waals surface area (Å²) in [4.78, 5) is 24.6. The minimum Gasteiger partial charge on any atom is -0.350 e. The molecule has 0 atom stereocenters. The van der Waals surface area contributed by atoms with Gasteiger partial charge in [0.15, 0.2) is 0 Å². The van der Waals surface area contributed by atoms with E-state index in [-0.39, 0.29) is 18.1 Å². The molecule has 0 bridgehead atoms. The van der Waals surface area contributed by atoms with E-state index in [0.29, 0.717) is 13.1 Å². The number of carbonyl (C=O) groups excluding carboxylic acids is 1. The predicted molar refractivity (Wildman–Crippen MR) is 100 cm³/mol. The van der Waals surface area contributed by atoms with Crippen LogP contribution in [-0.2, 0) is 30.8 Å². The molecule has 2 aromatic heterocycles. The SMILES string of the molecule is CCCCc1nn(CC(=O)NCc2ccc3nsnc3c2)c(=O)n1CC. The third kappa shape index (κ3) is 3.98. The fourth-order valence-corrected chi connectivity index (χ4v) is 3.27. The van der Waals surface area contributed by atoms with Gasteiger partial charge in [-0.1, -0.05) is 19.4 Å². The Labute approximate surface area is 155 Å². The van der Waals surface area contributed by atoms with Gasteiger partial charge in [-0.15, -0.1) is 0 Å². The van der Waals surface area contributed by atoms with Crippen LogP contribution in [0.1, 0.15) is 38.1 Å². The summed E-state index contributed by atoms with van der Waals surface area (Å²) < 4.78 is 11.2. The van der Waals surface area contributed by atoms with Gasteiger partial charge in [0.2, 0.25) is 5.91 Å². The summed E-state index contributed by atoms with van der Waals surface area (Å²) in [7, 11) is 0. The number of aromatic nitrogens is 5. The van der Waals surface area contributed by atoms with Gasteiger partial charge in [-0.3, -0.25) is 9.36 Å². The average Bonchev–Trinajstić information content (AvgIpc) is 3.22. The van der Waals surface area contributed by atoms with Gasteiger partial charge < -0.3 is 5.32 Å². The molecule has 26 heavy (non-hydrogen) atoms. The van der Waals surface area contributed by atoms with Gasteiger partial charge in [-0.25, -0.2) is 9.48 Å². The molecule has 0 radical (unpaired) electrons. The van der Waals surface area contributed by atoms with Gasteiger partial charge in [0.25, 0.3) is 0 Å². The molecule has 3 aromatic rings. The first-order chi connectivity index (χ1) is 12.6. The molecule has 0 aliphatic carbocycles. The molecule has 0 aliphatic heterocycles. The van der Waals surface area contributed by atoms with Crippen LogP contribution in [0.25, 0.3) is 11.0 Å². The Balaban J connectivity index is 1.64. The van der Waals surface area contributed by atoms with Gasteiger partial charge in [-0.05, 0) is 31.0 Å². The third-order valence-corrected chi connectivity index (χ3v) is 4.73. The Morgan fingerprint density at radius 2 is 2.04 bits per heavy atom. The minimum absolute atomic E-state index is 0.0779. The zero-order chi connectivity index (χ0) is 18.5. The number of unbranched alkanes of at least 4 members (excludes halogenated alkanes) is 1. The molecule has 138 valence electrons. The molecule has 1 amide bonds. The van der Waals surface area contributed by atoms with Crippen molar-refractivity contribution in [2.45, 2.75) is 52.7 Å². The molecule has 0 saturated heterocycles. The maximum Gasteiger partial charge on any atom is 0.346 e. The quantitative estimate of drug-likeness (QED) is 0.648. The highest BCUT2D eigenvalue weighted by Gasteiger charge is 2.14. The summed E-state index contributed by atoms with van der Waals surface area (Å²) in [6.45, 7) is 4.86. The van der Waals surface area contributed by atoms with E-state index in [1.165, 1.54) is 4.68 Å². The average molecular weight is 374 g/mol. The van der Waals surface area contributed by atoms with E-state index in [0.717, 1.165) is 53.4 Å². The molecule has 9 heteroatoms. The molecule has 1 N–H and O–H groups in total. The smallest absolute Gasteiger partial charge is 0.346 e. The van der Waals surface area contributed by atoms with Gasteiger partial charge >= 0.3 is 5.69 Å². The van der Waals surface area contributed by atoms with E-state index in [9.17, 15) is 9.59 Å². The van der Waals surface area contributed by atoms with Crippen molar-refractivity contribution in [1.29, 1.82) is 0 Å². The first-order valence-corrected chi connectivity index (χ1v) is 9.49. The van der Waals surface area contributed by atoms with Gasteiger partial charge in [0.1, 0.15) is 23.4 Å². The Bertz CT molecular complexity index is 958. The van der Waals surface area contributed by atoms with Crippen LogP contribution in [-0.4, -0.2) is 29.0 Å². The van der Waals surface area contributed by atoms with Crippen LogP contribution in [0, 0.1) is 0 Å². The summed E-state index contributed by atoms with van der Waals surface area (Å²) in [6.07, 6.45) is 2.75. The van der Waals surface area contributed by atoms with E-state index >= 15 is 0 Å². The molecule has 2 heterocycles. The van der Waals surface area contributed by atoms with Crippen molar-refractivity contribution in [2.24, 2.45) is 0 Å². The van der Waals surface area contributed by atoms with E-state index in [1.807, 2.05) is 25.1 Å². The van der Waals surface area contributed by atoms with Crippen molar-refractivity contribution in [3.63, 3.8) is 0 Å². The van der Waals surface area contributed by atoms with E-state index < -0.39 is 0 Å². The first kappa shape index (κ1) is 18.2. The number of hydrogen-bond acceptors (Lipinski definition) is 6. The highest BCUT2D eigenvalue weighted by molar-refractivity contribution is 7.00. The monoisotopic (exact) mass is 374 g/mol. The topological polar surface area (TPSA) is 94.7 Å². The van der Waals surface area contributed by atoms with Crippen molar-refractivity contribution in [1.82, 2.24) is 28.4 Å². The van der Waals surface area contributed by atoms with E-state index in [1.54, 1.807) is 4.57 Å². The maximum atomic E-state index is 12.4. The minimum atomic E-state index is -0.244. The molecular weight excluding hydrogens is 352 g/mol. The van der Waals surface area contributed by atoms with Crippen molar-refractivity contribution in [2.75, 3.05) is 0 Å². The number of carbonyl (C=O) groups is 1. The molecular formula is C17H22N6O2S. The van der Waals surface area contributed by atoms with Crippen molar-refractivity contribution < 1.29 is 4.79 Å². The number of amides is 1. The summed E-state index contributed by atoms with van der Waals surface area (Å²) in [5, 5.41) is 7.17. The first-order valence-electron chi connectivity index (χ1n) is 8.76. The molecule has 0 aliphatic rings. The van der Waals surface area contributed by atoms with Crippen LogP contribution in [0.15, 0.2) is 23.0 Å². The highest BCUT2D eigenvalue weighted by atomic mass is 32.1. The second kappa shape index (κ2) is 8.22. The Kier molecular flexibility index (Phi) is 5.77. The van der Waals surface area contributed by atoms with Gasteiger partial charge in [0, 0.05) is 19.5 Å². The summed E-state index contributed by atoms with van der Waals surface area (Å²) in [6, 6.07) is 5.69. The van der Waals surface area contributed by atoms with E-state index in [2.05, 4.69) is 26.1 Å². The number of rotatable bonds is 8. The van der Waals surface area contributed by atoms with Crippen LogP contribution in [0.3, 0.4) is 0 Å². The molecule has 0 saturated carbocycles. The standard InChI is InChI=1S/C17H22N6O2S/c1-3-5-6-15-19-23(17(25)22(15)4-2)11-16(24)18-10-12-7-8-13-14(9-12)21-26-20-13/h7-9H,3-6,10-11H2,1-2H3,(H,18,24). The van der Waals surface area contributed by atoms with Crippen LogP contribution >= 0.6 is 11.7 Å². The van der Waals surface area contributed by atoms with Gasteiger partial charge in [0.05, 0.1) is 11.7 Å². The number of benzene rings is 1. The zero-order valence-corrected chi connectivity index (χ0v) is 15.8. The van der Waals surface area contributed by atoms with Crippen LogP contribution in [0.2, 0.25) is 0 Å². The fourth-order valence-electron chi connectivity index (χ4n) is 2.76. The lowest BCUT2D eigenvalue weighted by Gasteiger charge is -2.05. The summed E-state index contributed by atoms with van der Waals surface area (Å²) >= 11 is 1.16. The molecule has 3 rings (SSSR count). The molecule has 8 nitrogen and oxygen atoms in total. The molecule has 0 unspecified atom stereocenters. The number of nitrogens with zero attached hydrogens (tertiary/aromatic N) is 5. The van der Waals surface area contributed by atoms with Crippen molar-refractivity contribution >= 4 is 28.7 Å². The second-order valence-electron chi connectivity index (χ2n) is 6.07. The maximum absolute atomic E-state index is 12.4. The molecule has 0 spiro atoms. The highest BCUT2D eigenvalue weighted by Crippen LogP contribution is 2.13. The zero-order valence-electron chi connectivity index (χ0n) is 14.9. The van der Waals surface area contributed by atoms with Crippen molar-refractivity contribution in [3.8, 4) is 0 Å². The Morgan fingerprint density at radius 3 is 2.81 bits per heavy atom. The van der Waals surface area contributed by atoms with Crippen LogP contribution in [0.4, 0.5) is 0 Å². The second-order valence-corrected chi connectivity index (χ2v) is 6.60. The largest absolute Gasteiger partial charge is 0.350 e. The van der Waals surface area contributed by atoms with Gasteiger partial charge in [-0.2, -0.15) is 13.8 Å². The lowest BCUT2D eigenvalue weighted by molar-refractivity contribution is -0.122. The van der Waals surface area contributed by atoms with Crippen LogP contribution in [0.5, 0.6) is 0 Å². The number of fused-ring (bicyclic) bond motifs is 1. The number of aryl methyl sites for hydroxylation is 1. The predicted octanol–water partition coefficient (Wildman–Crippen LogP) is 1.73. The summed E-state index contributed by atoms with van der Waals surface area (Å²) in [5.74, 6) is 0.500.